The number of hydrogen-bond acceptors (Lipinski definition) is 5. The van der Waals surface area contributed by atoms with Crippen LogP contribution >= 0.6 is 12.2 Å². The van der Waals surface area contributed by atoms with Crippen LogP contribution in [0.2, 0.25) is 0 Å². The molecule has 3 aromatic rings. The molecule has 0 unspecified atom stereocenters. The van der Waals surface area contributed by atoms with Gasteiger partial charge in [0.25, 0.3) is 5.91 Å². The van der Waals surface area contributed by atoms with Crippen LogP contribution in [0.3, 0.4) is 0 Å². The van der Waals surface area contributed by atoms with Crippen molar-refractivity contribution in [3.8, 4) is 0 Å². The maximum atomic E-state index is 12.5. The molecule has 10 nitrogen and oxygen atoms in total. The van der Waals surface area contributed by atoms with Crippen molar-refractivity contribution in [2.75, 3.05) is 6.54 Å². The summed E-state index contributed by atoms with van der Waals surface area (Å²) < 4.78 is 2.18. The Morgan fingerprint density at radius 3 is 2.93 bits per heavy atom. The highest BCUT2D eigenvalue weighted by atomic mass is 32.1. The molecule has 11 heteroatoms. The summed E-state index contributed by atoms with van der Waals surface area (Å²) in [6, 6.07) is 7.78. The van der Waals surface area contributed by atoms with E-state index >= 15 is 0 Å². The summed E-state index contributed by atoms with van der Waals surface area (Å²) >= 11 is 4.95. The normalized spacial score (nSPS) is 11.1. The first-order chi connectivity index (χ1) is 13.5. The van der Waals surface area contributed by atoms with Crippen molar-refractivity contribution >= 4 is 40.4 Å². The highest BCUT2D eigenvalue weighted by Gasteiger charge is 2.13. The molecule has 28 heavy (non-hydrogen) atoms. The van der Waals surface area contributed by atoms with Crippen LogP contribution in [0, 0.1) is 6.92 Å². The van der Waals surface area contributed by atoms with E-state index in [-0.39, 0.29) is 11.7 Å². The molecule has 0 aliphatic carbocycles. The molecule has 0 saturated heterocycles. The van der Waals surface area contributed by atoms with Crippen LogP contribution in [0.4, 0.5) is 0 Å². The molecule has 0 aliphatic heterocycles. The average molecular weight is 400 g/mol. The third-order valence-electron chi connectivity index (χ3n) is 3.85. The van der Waals surface area contributed by atoms with Gasteiger partial charge in [0.2, 0.25) is 0 Å². The lowest BCUT2D eigenvalue weighted by atomic mass is 10.2. The monoisotopic (exact) mass is 400 g/mol. The zero-order valence-corrected chi connectivity index (χ0v) is 16.2. The molecule has 0 aliphatic rings. The van der Waals surface area contributed by atoms with Gasteiger partial charge < -0.3 is 10.3 Å². The van der Waals surface area contributed by atoms with E-state index < -0.39 is 11.6 Å². The number of nitrogens with zero attached hydrogens (tertiary/aromatic N) is 4. The van der Waals surface area contributed by atoms with Gasteiger partial charge in [0.1, 0.15) is 6.54 Å². The van der Waals surface area contributed by atoms with Crippen molar-refractivity contribution in [3.05, 3.63) is 52.3 Å². The fraction of sp³-hybridized carbons (Fsp3) is 0.235. The summed E-state index contributed by atoms with van der Waals surface area (Å²) in [6.45, 7) is 3.87. The zero-order valence-electron chi connectivity index (χ0n) is 15.4. The number of nitrogens with one attached hydrogen (secondary N) is 4. The smallest absolute Gasteiger partial charge is 0.362 e. The van der Waals surface area contributed by atoms with Crippen molar-refractivity contribution in [1.29, 1.82) is 0 Å². The van der Waals surface area contributed by atoms with Gasteiger partial charge in [0.15, 0.2) is 10.9 Å². The Morgan fingerprint density at radius 2 is 2.14 bits per heavy atom. The fourth-order valence-corrected chi connectivity index (χ4v) is 2.77. The van der Waals surface area contributed by atoms with Gasteiger partial charge in [-0.05, 0) is 32.1 Å². The first-order valence-corrected chi connectivity index (χ1v) is 9.00. The summed E-state index contributed by atoms with van der Waals surface area (Å²) in [4.78, 5) is 27.6. The quantitative estimate of drug-likeness (QED) is 0.276. The Labute approximate surface area is 165 Å². The molecule has 1 aromatic carbocycles. The first-order valence-electron chi connectivity index (χ1n) is 8.59. The highest BCUT2D eigenvalue weighted by molar-refractivity contribution is 7.80. The molecule has 2 aromatic heterocycles. The van der Waals surface area contributed by atoms with Crippen molar-refractivity contribution in [3.63, 3.8) is 0 Å². The Bertz CT molecular complexity index is 1090. The highest BCUT2D eigenvalue weighted by Crippen LogP contribution is 2.15. The molecular formula is C17H20N8O2S. The molecule has 1 amide bonds. The molecule has 0 fully saturated rings. The lowest BCUT2D eigenvalue weighted by molar-refractivity contribution is -0.122. The molecule has 3 rings (SSSR count). The van der Waals surface area contributed by atoms with E-state index in [1.807, 2.05) is 37.4 Å². The maximum Gasteiger partial charge on any atom is 0.367 e. The number of amides is 1. The van der Waals surface area contributed by atoms with Crippen LogP contribution < -0.4 is 21.9 Å². The molecule has 0 spiro atoms. The third kappa shape index (κ3) is 4.26. The summed E-state index contributed by atoms with van der Waals surface area (Å²) in [6.07, 6.45) is 3.39. The summed E-state index contributed by atoms with van der Waals surface area (Å²) in [7, 11) is 0. The number of hydrogen-bond donors (Lipinski definition) is 4. The SMILES string of the molecule is CCNC(=S)NNC(=O)Cn1nc(C)n(/N=C\c2c[nH]c3ccccc23)c1=O. The molecule has 0 saturated carbocycles. The molecular weight excluding hydrogens is 380 g/mol. The standard InChI is InChI=1S/C17H20N8O2S/c1-3-18-16(28)22-21-15(26)10-24-17(27)25(11(2)23-24)20-9-12-8-19-14-7-5-4-6-13(12)14/h4-9,19H,3,10H2,1-2H3,(H,21,26)(H2,18,22,28)/b20-9-. The third-order valence-corrected chi connectivity index (χ3v) is 4.10. The second-order valence-electron chi connectivity index (χ2n) is 5.87. The van der Waals surface area contributed by atoms with E-state index in [9.17, 15) is 9.59 Å². The second kappa shape index (κ2) is 8.48. The number of H-pyrrole nitrogens is 1. The van der Waals surface area contributed by atoms with Gasteiger partial charge in [0, 0.05) is 29.2 Å². The second-order valence-corrected chi connectivity index (χ2v) is 6.27. The van der Waals surface area contributed by atoms with Crippen molar-refractivity contribution < 1.29 is 4.79 Å². The van der Waals surface area contributed by atoms with Crippen LogP contribution in [-0.2, 0) is 11.3 Å². The van der Waals surface area contributed by atoms with E-state index in [0.717, 1.165) is 25.8 Å². The number of hydrazine groups is 1. The van der Waals surface area contributed by atoms with Gasteiger partial charge in [-0.25, -0.2) is 9.48 Å². The molecule has 146 valence electrons. The molecule has 2 heterocycles. The van der Waals surface area contributed by atoms with Crippen LogP contribution in [0.5, 0.6) is 0 Å². The van der Waals surface area contributed by atoms with E-state index in [1.165, 1.54) is 0 Å². The van der Waals surface area contributed by atoms with E-state index in [2.05, 4.69) is 31.4 Å². The molecule has 0 radical (unpaired) electrons. The summed E-state index contributed by atoms with van der Waals surface area (Å²) in [5.41, 5.74) is 6.25. The summed E-state index contributed by atoms with van der Waals surface area (Å²) in [5, 5.41) is 12.4. The van der Waals surface area contributed by atoms with E-state index in [4.69, 9.17) is 12.2 Å². The molecule has 0 atom stereocenters. The van der Waals surface area contributed by atoms with Crippen LogP contribution in [0.1, 0.15) is 18.3 Å². The average Bonchev–Trinajstić information content (AvgIpc) is 3.20. The topological polar surface area (TPSA) is 121 Å². The Kier molecular flexibility index (Phi) is 5.84. The van der Waals surface area contributed by atoms with Crippen LogP contribution in [0.15, 0.2) is 40.4 Å². The minimum atomic E-state index is -0.516. The first kappa shape index (κ1) is 19.3. The number of benzene rings is 1. The van der Waals surface area contributed by atoms with Gasteiger partial charge in [-0.1, -0.05) is 18.2 Å². The number of fused-ring (bicyclic) bond motifs is 1. The Hall–Kier alpha value is -3.47. The predicted molar refractivity (Wildman–Crippen MR) is 110 cm³/mol. The number of carbonyl (C=O) groups is 1. The zero-order chi connectivity index (χ0) is 20.1. The van der Waals surface area contributed by atoms with Crippen molar-refractivity contribution in [2.45, 2.75) is 20.4 Å². The number of aromatic amines is 1. The van der Waals surface area contributed by atoms with Gasteiger partial charge in [-0.3, -0.25) is 15.6 Å². The van der Waals surface area contributed by atoms with Gasteiger partial charge >= 0.3 is 5.69 Å². The number of carbonyl (C=O) groups excluding carboxylic acids is 1. The van der Waals surface area contributed by atoms with Crippen molar-refractivity contribution in [2.24, 2.45) is 5.10 Å². The number of rotatable bonds is 5. The largest absolute Gasteiger partial charge is 0.367 e. The number of aryl methyl sites for hydroxylation is 1. The predicted octanol–water partition coefficient (Wildman–Crippen LogP) is 0.232. The molecule has 4 N–H and O–H groups in total. The fourth-order valence-electron chi connectivity index (χ4n) is 2.57. The van der Waals surface area contributed by atoms with E-state index in [0.29, 0.717) is 12.4 Å². The Morgan fingerprint density at radius 1 is 1.36 bits per heavy atom. The Balaban J connectivity index is 1.72. The lowest BCUT2D eigenvalue weighted by Gasteiger charge is -2.09. The maximum absolute atomic E-state index is 12.5. The minimum absolute atomic E-state index is 0.267. The van der Waals surface area contributed by atoms with Gasteiger partial charge in [-0.2, -0.15) is 14.9 Å². The minimum Gasteiger partial charge on any atom is -0.362 e. The number of thiocarbonyl (C=S) groups is 1. The molecule has 0 bridgehead atoms. The number of aromatic nitrogens is 4. The number of para-hydroxylation sites is 1. The van der Waals surface area contributed by atoms with Crippen LogP contribution in [-0.4, -0.2) is 43.2 Å². The van der Waals surface area contributed by atoms with Crippen molar-refractivity contribution in [1.82, 2.24) is 35.6 Å². The van der Waals surface area contributed by atoms with Gasteiger partial charge in [0.05, 0.1) is 6.21 Å². The van der Waals surface area contributed by atoms with Crippen LogP contribution in [0.25, 0.3) is 10.9 Å². The van der Waals surface area contributed by atoms with E-state index in [1.54, 1.807) is 13.1 Å². The summed E-state index contributed by atoms with van der Waals surface area (Å²) in [5.74, 6) is -0.0994. The van der Waals surface area contributed by atoms with Gasteiger partial charge in [-0.15, -0.1) is 0 Å². The lowest BCUT2D eigenvalue weighted by Crippen LogP contribution is -2.48.